The predicted octanol–water partition coefficient (Wildman–Crippen LogP) is 7.31. The van der Waals surface area contributed by atoms with E-state index in [-0.39, 0.29) is 0 Å². The fourth-order valence-corrected chi connectivity index (χ4v) is 3.55. The molecule has 0 radical (unpaired) electrons. The number of hydrogen-bond acceptors (Lipinski definition) is 2. The van der Waals surface area contributed by atoms with Gasteiger partial charge >= 0.3 is 0 Å². The summed E-state index contributed by atoms with van der Waals surface area (Å²) < 4.78 is 0. The molecule has 0 bridgehead atoms. The molecule has 0 aromatic heterocycles. The molecule has 2 rings (SSSR count). The second-order valence-electron chi connectivity index (χ2n) is 8.74. The van der Waals surface area contributed by atoms with Crippen LogP contribution in [0.5, 0.6) is 0 Å². The van der Waals surface area contributed by atoms with Crippen molar-refractivity contribution in [3.05, 3.63) is 59.7 Å². The average Bonchev–Trinajstić information content (AvgIpc) is 2.65. The Hall–Kier alpha value is -1.96. The molecule has 0 saturated carbocycles. The van der Waals surface area contributed by atoms with E-state index >= 15 is 0 Å². The average molecular weight is 381 g/mol. The standard InChI is InChI=1S/C26H40N2/c1-21(2)20-24-13-15-25(16-14-24)27-19-9-7-5-6-8-10-23-11-17-26(18-12-23)28-22(3)4/h11-18,21-22,27-28H,5-10,19-20H2,1-4H3. The van der Waals surface area contributed by atoms with Gasteiger partial charge in [-0.1, -0.05) is 57.4 Å². The van der Waals surface area contributed by atoms with E-state index in [2.05, 4.69) is 86.9 Å². The van der Waals surface area contributed by atoms with Crippen LogP contribution in [0.4, 0.5) is 11.4 Å². The number of unbranched alkanes of at least 4 members (excludes halogenated alkanes) is 4. The molecule has 0 atom stereocenters. The highest BCUT2D eigenvalue weighted by Crippen LogP contribution is 2.15. The van der Waals surface area contributed by atoms with Crippen molar-refractivity contribution in [3.8, 4) is 0 Å². The van der Waals surface area contributed by atoms with Crippen LogP contribution in [-0.4, -0.2) is 12.6 Å². The Labute approximate surface area is 173 Å². The first-order chi connectivity index (χ1) is 13.5. The fraction of sp³-hybridized carbons (Fsp3) is 0.538. The Morgan fingerprint density at radius 2 is 1.21 bits per heavy atom. The minimum Gasteiger partial charge on any atom is -0.385 e. The van der Waals surface area contributed by atoms with Gasteiger partial charge in [-0.15, -0.1) is 0 Å². The number of aryl methyl sites for hydroxylation is 1. The molecule has 0 amide bonds. The molecule has 0 unspecified atom stereocenters. The third-order valence-electron chi connectivity index (χ3n) is 4.98. The van der Waals surface area contributed by atoms with Crippen LogP contribution in [0, 0.1) is 5.92 Å². The van der Waals surface area contributed by atoms with Crippen LogP contribution in [-0.2, 0) is 12.8 Å². The first-order valence-corrected chi connectivity index (χ1v) is 11.2. The third kappa shape index (κ3) is 9.30. The molecule has 0 aliphatic rings. The first-order valence-electron chi connectivity index (χ1n) is 11.2. The Morgan fingerprint density at radius 3 is 1.86 bits per heavy atom. The molecule has 28 heavy (non-hydrogen) atoms. The van der Waals surface area contributed by atoms with Crippen molar-refractivity contribution in [1.29, 1.82) is 0 Å². The zero-order valence-corrected chi connectivity index (χ0v) is 18.4. The van der Waals surface area contributed by atoms with E-state index in [0.717, 1.165) is 12.5 Å². The zero-order valence-electron chi connectivity index (χ0n) is 18.4. The zero-order chi connectivity index (χ0) is 20.2. The van der Waals surface area contributed by atoms with Gasteiger partial charge in [0.25, 0.3) is 0 Å². The maximum atomic E-state index is 3.55. The predicted molar refractivity (Wildman–Crippen MR) is 125 cm³/mol. The van der Waals surface area contributed by atoms with E-state index in [4.69, 9.17) is 0 Å². The topological polar surface area (TPSA) is 24.1 Å². The van der Waals surface area contributed by atoms with Gasteiger partial charge < -0.3 is 10.6 Å². The molecule has 0 saturated heterocycles. The lowest BCUT2D eigenvalue weighted by molar-refractivity contribution is 0.624. The quantitative estimate of drug-likeness (QED) is 0.356. The minimum atomic E-state index is 0.490. The highest BCUT2D eigenvalue weighted by Gasteiger charge is 1.99. The van der Waals surface area contributed by atoms with Crippen molar-refractivity contribution >= 4 is 11.4 Å². The minimum absolute atomic E-state index is 0.490. The van der Waals surface area contributed by atoms with Gasteiger partial charge in [0.15, 0.2) is 0 Å². The summed E-state index contributed by atoms with van der Waals surface area (Å²) in [4.78, 5) is 0. The van der Waals surface area contributed by atoms with Gasteiger partial charge in [-0.25, -0.2) is 0 Å². The monoisotopic (exact) mass is 380 g/mol. The lowest BCUT2D eigenvalue weighted by atomic mass is 10.0. The van der Waals surface area contributed by atoms with Crippen molar-refractivity contribution in [3.63, 3.8) is 0 Å². The third-order valence-corrected chi connectivity index (χ3v) is 4.98. The van der Waals surface area contributed by atoms with Crippen LogP contribution < -0.4 is 10.6 Å². The van der Waals surface area contributed by atoms with E-state index < -0.39 is 0 Å². The van der Waals surface area contributed by atoms with Crippen molar-refractivity contribution in [2.24, 2.45) is 5.92 Å². The summed E-state index contributed by atoms with van der Waals surface area (Å²) >= 11 is 0. The number of hydrogen-bond donors (Lipinski definition) is 2. The maximum Gasteiger partial charge on any atom is 0.0342 e. The van der Waals surface area contributed by atoms with E-state index in [9.17, 15) is 0 Å². The number of anilines is 2. The van der Waals surface area contributed by atoms with Crippen molar-refractivity contribution in [2.45, 2.75) is 78.7 Å². The Kier molecular flexibility index (Phi) is 9.96. The first kappa shape index (κ1) is 22.3. The lowest BCUT2D eigenvalue weighted by Crippen LogP contribution is -2.09. The number of nitrogens with one attached hydrogen (secondary N) is 2. The van der Waals surface area contributed by atoms with E-state index in [1.54, 1.807) is 0 Å². The molecule has 2 N–H and O–H groups in total. The maximum absolute atomic E-state index is 3.55. The molecule has 2 aromatic rings. The molecular weight excluding hydrogens is 340 g/mol. The highest BCUT2D eigenvalue weighted by molar-refractivity contribution is 5.45. The van der Waals surface area contributed by atoms with E-state index in [1.165, 1.54) is 67.4 Å². The van der Waals surface area contributed by atoms with E-state index in [0.29, 0.717) is 6.04 Å². The summed E-state index contributed by atoms with van der Waals surface area (Å²) in [5.74, 6) is 0.722. The van der Waals surface area contributed by atoms with Gasteiger partial charge in [-0.05, 0) is 80.8 Å². The summed E-state index contributed by atoms with van der Waals surface area (Å²) in [6.07, 6.45) is 8.89. The van der Waals surface area contributed by atoms with Gasteiger partial charge in [0.1, 0.15) is 0 Å². The van der Waals surface area contributed by atoms with Crippen LogP contribution in [0.2, 0.25) is 0 Å². The normalized spacial score (nSPS) is 11.2. The van der Waals surface area contributed by atoms with Gasteiger partial charge in [0.2, 0.25) is 0 Å². The number of benzene rings is 2. The fourth-order valence-electron chi connectivity index (χ4n) is 3.55. The SMILES string of the molecule is CC(C)Cc1ccc(NCCCCCCCc2ccc(NC(C)C)cc2)cc1. The molecule has 2 nitrogen and oxygen atoms in total. The van der Waals surface area contributed by atoms with Crippen LogP contribution in [0.1, 0.15) is 70.9 Å². The van der Waals surface area contributed by atoms with Crippen molar-refractivity contribution in [1.82, 2.24) is 0 Å². The summed E-state index contributed by atoms with van der Waals surface area (Å²) in [6, 6.07) is 18.4. The molecule has 0 aliphatic carbocycles. The Bertz CT molecular complexity index is 582. The Morgan fingerprint density at radius 1 is 0.643 bits per heavy atom. The molecule has 154 valence electrons. The van der Waals surface area contributed by atoms with Crippen LogP contribution in [0.15, 0.2) is 48.5 Å². The molecule has 0 aliphatic heterocycles. The van der Waals surface area contributed by atoms with Crippen LogP contribution in [0.25, 0.3) is 0 Å². The number of rotatable bonds is 13. The largest absolute Gasteiger partial charge is 0.385 e. The lowest BCUT2D eigenvalue weighted by Gasteiger charge is -2.10. The molecule has 0 fully saturated rings. The van der Waals surface area contributed by atoms with Gasteiger partial charge in [-0.3, -0.25) is 0 Å². The summed E-state index contributed by atoms with van der Waals surface area (Å²) in [5, 5.41) is 7.00. The second-order valence-corrected chi connectivity index (χ2v) is 8.74. The summed E-state index contributed by atoms with van der Waals surface area (Å²) in [6.45, 7) is 9.97. The Balaban J connectivity index is 1.50. The van der Waals surface area contributed by atoms with Gasteiger partial charge in [0, 0.05) is 24.0 Å². The molecule has 2 heteroatoms. The molecular formula is C26H40N2. The highest BCUT2D eigenvalue weighted by atomic mass is 14.9. The van der Waals surface area contributed by atoms with E-state index in [1.807, 2.05) is 0 Å². The van der Waals surface area contributed by atoms with Gasteiger partial charge in [-0.2, -0.15) is 0 Å². The molecule has 2 aromatic carbocycles. The van der Waals surface area contributed by atoms with Crippen molar-refractivity contribution < 1.29 is 0 Å². The second kappa shape index (κ2) is 12.5. The van der Waals surface area contributed by atoms with Crippen LogP contribution in [0.3, 0.4) is 0 Å². The van der Waals surface area contributed by atoms with Gasteiger partial charge in [0.05, 0.1) is 0 Å². The summed E-state index contributed by atoms with van der Waals surface area (Å²) in [5.41, 5.74) is 5.37. The van der Waals surface area contributed by atoms with Crippen LogP contribution >= 0.6 is 0 Å². The molecule has 0 spiro atoms. The summed E-state index contributed by atoms with van der Waals surface area (Å²) in [7, 11) is 0. The smallest absolute Gasteiger partial charge is 0.0342 e. The van der Waals surface area contributed by atoms with Crippen molar-refractivity contribution in [2.75, 3.05) is 17.2 Å². The molecule has 0 heterocycles.